The zero-order valence-electron chi connectivity index (χ0n) is 11.8. The summed E-state index contributed by atoms with van der Waals surface area (Å²) in [6.45, 7) is 5.79. The number of methoxy groups -OCH3 is 1. The van der Waals surface area contributed by atoms with E-state index in [9.17, 15) is 4.79 Å². The minimum Gasteiger partial charge on any atom is -0.397 e. The minimum atomic E-state index is -0.0669. The van der Waals surface area contributed by atoms with Crippen molar-refractivity contribution in [3.05, 3.63) is 24.3 Å². The summed E-state index contributed by atoms with van der Waals surface area (Å²) < 4.78 is 5.11. The third kappa shape index (κ3) is 4.89. The van der Waals surface area contributed by atoms with Crippen LogP contribution >= 0.6 is 0 Å². The van der Waals surface area contributed by atoms with Crippen molar-refractivity contribution in [2.45, 2.75) is 19.9 Å². The third-order valence-corrected chi connectivity index (χ3v) is 3.02. The van der Waals surface area contributed by atoms with Gasteiger partial charge in [-0.15, -0.1) is 0 Å². The summed E-state index contributed by atoms with van der Waals surface area (Å²) >= 11 is 0. The van der Waals surface area contributed by atoms with E-state index < -0.39 is 0 Å². The highest BCUT2D eigenvalue weighted by atomic mass is 16.5. The lowest BCUT2D eigenvalue weighted by Gasteiger charge is -2.26. The Morgan fingerprint density at radius 2 is 2.16 bits per heavy atom. The van der Waals surface area contributed by atoms with Crippen molar-refractivity contribution in [1.82, 2.24) is 4.90 Å². The molecule has 3 N–H and O–H groups in total. The smallest absolute Gasteiger partial charge is 0.238 e. The lowest BCUT2D eigenvalue weighted by Crippen LogP contribution is -2.41. The van der Waals surface area contributed by atoms with E-state index in [2.05, 4.69) is 10.2 Å². The maximum atomic E-state index is 12.0. The van der Waals surface area contributed by atoms with Gasteiger partial charge in [-0.2, -0.15) is 0 Å². The van der Waals surface area contributed by atoms with E-state index in [1.54, 1.807) is 19.2 Å². The van der Waals surface area contributed by atoms with E-state index in [0.29, 0.717) is 24.5 Å². The second-order valence-corrected chi connectivity index (χ2v) is 4.50. The number of para-hydroxylation sites is 2. The number of hydrogen-bond acceptors (Lipinski definition) is 4. The molecule has 0 saturated carbocycles. The molecule has 0 bridgehead atoms. The molecule has 0 aliphatic heterocycles. The molecule has 0 saturated heterocycles. The summed E-state index contributed by atoms with van der Waals surface area (Å²) in [5.41, 5.74) is 7.02. The van der Waals surface area contributed by atoms with Gasteiger partial charge in [0.05, 0.1) is 24.5 Å². The topological polar surface area (TPSA) is 67.6 Å². The van der Waals surface area contributed by atoms with Crippen LogP contribution < -0.4 is 11.1 Å². The molecule has 1 aromatic rings. The van der Waals surface area contributed by atoms with E-state index in [4.69, 9.17) is 10.5 Å². The molecular weight excluding hydrogens is 242 g/mol. The van der Waals surface area contributed by atoms with Crippen molar-refractivity contribution in [2.24, 2.45) is 0 Å². The number of likely N-dealkylation sites (N-methyl/N-ethyl adjacent to an activating group) is 1. The van der Waals surface area contributed by atoms with Gasteiger partial charge in [0, 0.05) is 13.2 Å². The number of carbonyl (C=O) groups excluding carboxylic acids is 1. The maximum absolute atomic E-state index is 12.0. The van der Waals surface area contributed by atoms with Crippen LogP contribution in [0.5, 0.6) is 0 Å². The molecule has 0 aliphatic rings. The number of amides is 1. The van der Waals surface area contributed by atoms with Gasteiger partial charge in [-0.1, -0.05) is 19.1 Å². The molecule has 0 heterocycles. The molecular formula is C14H23N3O2. The van der Waals surface area contributed by atoms with Crippen molar-refractivity contribution in [1.29, 1.82) is 0 Å². The Bertz CT molecular complexity index is 409. The van der Waals surface area contributed by atoms with Crippen LogP contribution in [-0.4, -0.2) is 43.7 Å². The van der Waals surface area contributed by atoms with Crippen molar-refractivity contribution in [2.75, 3.05) is 37.9 Å². The number of benzene rings is 1. The van der Waals surface area contributed by atoms with Gasteiger partial charge in [-0.25, -0.2) is 0 Å². The predicted octanol–water partition coefficient (Wildman–Crippen LogP) is 1.56. The Morgan fingerprint density at radius 1 is 1.47 bits per heavy atom. The largest absolute Gasteiger partial charge is 0.397 e. The molecule has 0 spiro atoms. The van der Waals surface area contributed by atoms with Crippen LogP contribution in [0.3, 0.4) is 0 Å². The predicted molar refractivity (Wildman–Crippen MR) is 78.1 cm³/mol. The van der Waals surface area contributed by atoms with Gasteiger partial charge in [-0.3, -0.25) is 9.69 Å². The summed E-state index contributed by atoms with van der Waals surface area (Å²) in [7, 11) is 1.66. The number of carbonyl (C=O) groups is 1. The minimum absolute atomic E-state index is 0.0669. The number of nitrogen functional groups attached to an aromatic ring is 1. The van der Waals surface area contributed by atoms with Crippen molar-refractivity contribution >= 4 is 17.3 Å². The number of hydrogen-bond donors (Lipinski definition) is 2. The second-order valence-electron chi connectivity index (χ2n) is 4.50. The van der Waals surface area contributed by atoms with Crippen molar-refractivity contribution < 1.29 is 9.53 Å². The van der Waals surface area contributed by atoms with E-state index in [0.717, 1.165) is 6.54 Å². The maximum Gasteiger partial charge on any atom is 0.238 e. The molecule has 1 atom stereocenters. The van der Waals surface area contributed by atoms with E-state index in [1.165, 1.54) is 0 Å². The first-order valence-corrected chi connectivity index (χ1v) is 6.45. The second kappa shape index (κ2) is 7.76. The molecule has 5 heteroatoms. The van der Waals surface area contributed by atoms with Crippen LogP contribution in [0.15, 0.2) is 24.3 Å². The van der Waals surface area contributed by atoms with Crippen LogP contribution in [0.2, 0.25) is 0 Å². The van der Waals surface area contributed by atoms with Crippen LogP contribution in [-0.2, 0) is 9.53 Å². The highest BCUT2D eigenvalue weighted by Gasteiger charge is 2.15. The Balaban J connectivity index is 2.56. The van der Waals surface area contributed by atoms with Crippen molar-refractivity contribution in [3.63, 3.8) is 0 Å². The Labute approximate surface area is 114 Å². The summed E-state index contributed by atoms with van der Waals surface area (Å²) in [6.07, 6.45) is 0. The summed E-state index contributed by atoms with van der Waals surface area (Å²) in [5.74, 6) is -0.0669. The number of nitrogens with two attached hydrogens (primary N) is 1. The average molecular weight is 265 g/mol. The SMILES string of the molecule is CCN(CC(=O)Nc1ccccc1N)C(C)COC. The number of nitrogens with zero attached hydrogens (tertiary/aromatic N) is 1. The van der Waals surface area contributed by atoms with Gasteiger partial charge in [0.1, 0.15) is 0 Å². The fourth-order valence-corrected chi connectivity index (χ4v) is 1.91. The quantitative estimate of drug-likeness (QED) is 0.734. The first-order valence-electron chi connectivity index (χ1n) is 6.45. The van der Waals surface area contributed by atoms with Gasteiger partial charge in [0.25, 0.3) is 0 Å². The molecule has 106 valence electrons. The van der Waals surface area contributed by atoms with E-state index in [1.807, 2.05) is 26.0 Å². The van der Waals surface area contributed by atoms with Gasteiger partial charge < -0.3 is 15.8 Å². The van der Waals surface area contributed by atoms with Crippen LogP contribution in [0.1, 0.15) is 13.8 Å². The lowest BCUT2D eigenvalue weighted by molar-refractivity contribution is -0.118. The average Bonchev–Trinajstić information content (AvgIpc) is 2.39. The van der Waals surface area contributed by atoms with Crippen molar-refractivity contribution in [3.8, 4) is 0 Å². The Morgan fingerprint density at radius 3 is 2.74 bits per heavy atom. The van der Waals surface area contributed by atoms with Gasteiger partial charge in [-0.05, 0) is 25.6 Å². The Hall–Kier alpha value is -1.59. The monoisotopic (exact) mass is 265 g/mol. The standard InChI is InChI=1S/C14H23N3O2/c1-4-17(11(2)10-19-3)9-14(18)16-13-8-6-5-7-12(13)15/h5-8,11H,4,9-10,15H2,1-3H3,(H,16,18). The Kier molecular flexibility index (Phi) is 6.32. The number of anilines is 2. The molecule has 1 aromatic carbocycles. The fourth-order valence-electron chi connectivity index (χ4n) is 1.91. The molecule has 0 radical (unpaired) electrons. The molecule has 0 aromatic heterocycles. The molecule has 0 aliphatic carbocycles. The highest BCUT2D eigenvalue weighted by Crippen LogP contribution is 2.16. The first kappa shape index (κ1) is 15.5. The van der Waals surface area contributed by atoms with E-state index >= 15 is 0 Å². The van der Waals surface area contributed by atoms with Crippen LogP contribution in [0.4, 0.5) is 11.4 Å². The summed E-state index contributed by atoms with van der Waals surface area (Å²) in [6, 6.07) is 7.44. The fraction of sp³-hybridized carbons (Fsp3) is 0.500. The van der Waals surface area contributed by atoms with Gasteiger partial charge in [0.2, 0.25) is 5.91 Å². The lowest BCUT2D eigenvalue weighted by atomic mass is 10.2. The van der Waals surface area contributed by atoms with Gasteiger partial charge in [0.15, 0.2) is 0 Å². The van der Waals surface area contributed by atoms with Crippen LogP contribution in [0, 0.1) is 0 Å². The third-order valence-electron chi connectivity index (χ3n) is 3.02. The number of rotatable bonds is 7. The highest BCUT2D eigenvalue weighted by molar-refractivity contribution is 5.95. The first-order chi connectivity index (χ1) is 9.08. The molecule has 1 rings (SSSR count). The van der Waals surface area contributed by atoms with E-state index in [-0.39, 0.29) is 11.9 Å². The number of ether oxygens (including phenoxy) is 1. The summed E-state index contributed by atoms with van der Waals surface area (Å²) in [5, 5.41) is 2.83. The normalized spacial score (nSPS) is 12.4. The zero-order chi connectivity index (χ0) is 14.3. The number of nitrogens with one attached hydrogen (secondary N) is 1. The summed E-state index contributed by atoms with van der Waals surface area (Å²) in [4.78, 5) is 14.0. The molecule has 0 fully saturated rings. The zero-order valence-corrected chi connectivity index (χ0v) is 11.8. The molecule has 19 heavy (non-hydrogen) atoms. The van der Waals surface area contributed by atoms with Gasteiger partial charge >= 0.3 is 0 Å². The molecule has 1 amide bonds. The van der Waals surface area contributed by atoms with Crippen LogP contribution in [0.25, 0.3) is 0 Å². The molecule has 5 nitrogen and oxygen atoms in total. The molecule has 1 unspecified atom stereocenters.